The zero-order valence-corrected chi connectivity index (χ0v) is 18.5. The minimum absolute atomic E-state index is 0. The maximum Gasteiger partial charge on any atom is 0.251 e. The van der Waals surface area contributed by atoms with Crippen molar-refractivity contribution >= 4 is 35.8 Å². The van der Waals surface area contributed by atoms with Gasteiger partial charge in [0.2, 0.25) is 0 Å². The molecule has 0 radical (unpaired) electrons. The highest BCUT2D eigenvalue weighted by Gasteiger charge is 2.04. The predicted molar refractivity (Wildman–Crippen MR) is 123 cm³/mol. The number of hydrogen-bond acceptors (Lipinski definition) is 2. The molecule has 2 rings (SSSR count). The molecule has 0 aliphatic carbocycles. The molecule has 146 valence electrons. The zero-order chi connectivity index (χ0) is 18.8. The second-order valence-corrected chi connectivity index (χ2v) is 6.19. The first-order valence-corrected chi connectivity index (χ1v) is 8.93. The lowest BCUT2D eigenvalue weighted by atomic mass is 10.1. The first-order chi connectivity index (χ1) is 12.6. The molecule has 0 saturated heterocycles. The Morgan fingerprint density at radius 2 is 1.56 bits per heavy atom. The second-order valence-electron chi connectivity index (χ2n) is 6.19. The number of guanidine groups is 1. The van der Waals surface area contributed by atoms with Gasteiger partial charge in [0.1, 0.15) is 0 Å². The summed E-state index contributed by atoms with van der Waals surface area (Å²) in [5, 5.41) is 9.30. The van der Waals surface area contributed by atoms with Gasteiger partial charge in [0.15, 0.2) is 5.96 Å². The third kappa shape index (κ3) is 7.99. The third-order valence-electron chi connectivity index (χ3n) is 4.13. The molecule has 0 aliphatic heterocycles. The summed E-state index contributed by atoms with van der Waals surface area (Å²) >= 11 is 0. The average molecular weight is 480 g/mol. The van der Waals surface area contributed by atoms with Crippen LogP contribution in [0, 0.1) is 6.92 Å². The predicted octanol–water partition coefficient (Wildman–Crippen LogP) is 2.92. The number of halogens is 1. The van der Waals surface area contributed by atoms with E-state index in [9.17, 15) is 4.79 Å². The van der Waals surface area contributed by atoms with Gasteiger partial charge in [-0.3, -0.25) is 9.79 Å². The number of nitrogens with zero attached hydrogens (tertiary/aromatic N) is 1. The lowest BCUT2D eigenvalue weighted by Gasteiger charge is -2.12. The fourth-order valence-corrected chi connectivity index (χ4v) is 2.75. The molecule has 0 bridgehead atoms. The Kier molecular flexibility index (Phi) is 10.5. The van der Waals surface area contributed by atoms with E-state index in [2.05, 4.69) is 52.1 Å². The molecule has 0 aromatic heterocycles. The fourth-order valence-electron chi connectivity index (χ4n) is 2.75. The molecule has 3 N–H and O–H groups in total. The van der Waals surface area contributed by atoms with Crippen molar-refractivity contribution in [2.45, 2.75) is 19.8 Å². The van der Waals surface area contributed by atoms with E-state index in [0.717, 1.165) is 37.5 Å². The Labute approximate surface area is 179 Å². The van der Waals surface area contributed by atoms with Crippen LogP contribution in [0.1, 0.15) is 27.0 Å². The smallest absolute Gasteiger partial charge is 0.251 e. The van der Waals surface area contributed by atoms with Gasteiger partial charge in [0.25, 0.3) is 5.91 Å². The molecule has 5 nitrogen and oxygen atoms in total. The van der Waals surface area contributed by atoms with Crippen LogP contribution in [-0.2, 0) is 12.8 Å². The minimum atomic E-state index is -0.0616. The Morgan fingerprint density at radius 3 is 2.11 bits per heavy atom. The van der Waals surface area contributed by atoms with Crippen molar-refractivity contribution in [3.05, 3.63) is 70.8 Å². The molecule has 27 heavy (non-hydrogen) atoms. The van der Waals surface area contributed by atoms with E-state index < -0.39 is 0 Å². The van der Waals surface area contributed by atoms with Gasteiger partial charge >= 0.3 is 0 Å². The number of aliphatic imine (C=N–C) groups is 1. The molecule has 1 amide bonds. The average Bonchev–Trinajstić information content (AvgIpc) is 2.66. The van der Waals surface area contributed by atoms with Crippen molar-refractivity contribution in [3.8, 4) is 0 Å². The van der Waals surface area contributed by atoms with Crippen LogP contribution >= 0.6 is 24.0 Å². The molecule has 0 aliphatic rings. The number of carbonyl (C=O) groups excluding carboxylic acids is 1. The number of amides is 1. The first kappa shape index (κ1) is 23.0. The number of benzene rings is 2. The highest BCUT2D eigenvalue weighted by atomic mass is 127. The van der Waals surface area contributed by atoms with Crippen molar-refractivity contribution in [3.63, 3.8) is 0 Å². The SMILES string of the molecule is CN=C(NCCc1cccc(C)c1)NCCc1cccc(C(=O)NC)c1.I. The number of carbonyl (C=O) groups is 1. The van der Waals surface area contributed by atoms with Crippen molar-refractivity contribution in [1.82, 2.24) is 16.0 Å². The molecule has 0 saturated carbocycles. The van der Waals surface area contributed by atoms with Gasteiger partial charge in [0.05, 0.1) is 0 Å². The summed E-state index contributed by atoms with van der Waals surface area (Å²) < 4.78 is 0. The summed E-state index contributed by atoms with van der Waals surface area (Å²) in [4.78, 5) is 16.0. The van der Waals surface area contributed by atoms with Crippen LogP contribution in [0.4, 0.5) is 0 Å². The van der Waals surface area contributed by atoms with E-state index in [-0.39, 0.29) is 29.9 Å². The molecule has 2 aromatic carbocycles. The topological polar surface area (TPSA) is 65.5 Å². The summed E-state index contributed by atoms with van der Waals surface area (Å²) in [6.07, 6.45) is 1.78. The Morgan fingerprint density at radius 1 is 0.963 bits per heavy atom. The van der Waals surface area contributed by atoms with Crippen molar-refractivity contribution < 1.29 is 4.79 Å². The summed E-state index contributed by atoms with van der Waals surface area (Å²) in [7, 11) is 3.41. The van der Waals surface area contributed by atoms with Crippen LogP contribution in [-0.4, -0.2) is 39.1 Å². The number of aryl methyl sites for hydroxylation is 1. The quantitative estimate of drug-likeness (QED) is 0.325. The first-order valence-electron chi connectivity index (χ1n) is 8.93. The maximum absolute atomic E-state index is 11.7. The lowest BCUT2D eigenvalue weighted by Crippen LogP contribution is -2.39. The van der Waals surface area contributed by atoms with E-state index >= 15 is 0 Å². The van der Waals surface area contributed by atoms with Gasteiger partial charge in [-0.25, -0.2) is 0 Å². The Balaban J connectivity index is 0.00000364. The van der Waals surface area contributed by atoms with Crippen molar-refractivity contribution in [2.75, 3.05) is 27.2 Å². The second kappa shape index (κ2) is 12.3. The summed E-state index contributed by atoms with van der Waals surface area (Å²) in [5.41, 5.74) is 4.41. The standard InChI is InChI=1S/C21H28N4O.HI/c1-16-6-4-7-17(14-16)10-12-24-21(23-3)25-13-11-18-8-5-9-19(15-18)20(26)22-2;/h4-9,14-15H,10-13H2,1-3H3,(H,22,26)(H2,23,24,25);1H. The van der Waals surface area contributed by atoms with E-state index in [1.165, 1.54) is 11.1 Å². The highest BCUT2D eigenvalue weighted by molar-refractivity contribution is 14.0. The Hall–Kier alpha value is -2.09. The van der Waals surface area contributed by atoms with Crippen molar-refractivity contribution in [2.24, 2.45) is 4.99 Å². The lowest BCUT2D eigenvalue weighted by molar-refractivity contribution is 0.0963. The summed E-state index contributed by atoms with van der Waals surface area (Å²) in [5.74, 6) is 0.730. The van der Waals surface area contributed by atoms with Crippen LogP contribution in [0.25, 0.3) is 0 Å². The van der Waals surface area contributed by atoms with Gasteiger partial charge in [-0.15, -0.1) is 24.0 Å². The van der Waals surface area contributed by atoms with Crippen LogP contribution in [0.15, 0.2) is 53.5 Å². The number of rotatable bonds is 7. The largest absolute Gasteiger partial charge is 0.356 e. The third-order valence-corrected chi connectivity index (χ3v) is 4.13. The van der Waals surface area contributed by atoms with Gasteiger partial charge in [-0.2, -0.15) is 0 Å². The highest BCUT2D eigenvalue weighted by Crippen LogP contribution is 2.06. The van der Waals surface area contributed by atoms with Crippen LogP contribution < -0.4 is 16.0 Å². The van der Waals surface area contributed by atoms with Crippen LogP contribution in [0.2, 0.25) is 0 Å². The van der Waals surface area contributed by atoms with E-state index in [4.69, 9.17) is 0 Å². The molecule has 0 fully saturated rings. The summed E-state index contributed by atoms with van der Waals surface area (Å²) in [6, 6.07) is 16.2. The van der Waals surface area contributed by atoms with Gasteiger partial charge < -0.3 is 16.0 Å². The fraction of sp³-hybridized carbons (Fsp3) is 0.333. The molecule has 0 atom stereocenters. The summed E-state index contributed by atoms with van der Waals surface area (Å²) in [6.45, 7) is 3.69. The molecule has 0 spiro atoms. The Bertz CT molecular complexity index is 761. The molecule has 0 heterocycles. The van der Waals surface area contributed by atoms with E-state index in [0.29, 0.717) is 5.56 Å². The molecule has 0 unspecified atom stereocenters. The van der Waals surface area contributed by atoms with Crippen molar-refractivity contribution in [1.29, 1.82) is 0 Å². The van der Waals surface area contributed by atoms with E-state index in [1.807, 2.05) is 24.3 Å². The zero-order valence-electron chi connectivity index (χ0n) is 16.2. The maximum atomic E-state index is 11.7. The molecular weight excluding hydrogens is 451 g/mol. The normalized spacial score (nSPS) is 10.7. The van der Waals surface area contributed by atoms with E-state index in [1.54, 1.807) is 14.1 Å². The van der Waals surface area contributed by atoms with Gasteiger partial charge in [-0.05, 0) is 43.0 Å². The van der Waals surface area contributed by atoms with Crippen LogP contribution in [0.5, 0.6) is 0 Å². The van der Waals surface area contributed by atoms with Gasteiger partial charge in [0, 0.05) is 32.7 Å². The minimum Gasteiger partial charge on any atom is -0.356 e. The molecule has 6 heteroatoms. The van der Waals surface area contributed by atoms with Crippen LogP contribution in [0.3, 0.4) is 0 Å². The van der Waals surface area contributed by atoms with Gasteiger partial charge in [-0.1, -0.05) is 42.0 Å². The number of hydrogen-bond donors (Lipinski definition) is 3. The molecule has 2 aromatic rings. The molecular formula is C21H29IN4O. The monoisotopic (exact) mass is 480 g/mol. The number of nitrogens with one attached hydrogen (secondary N) is 3.